The Bertz CT molecular complexity index is 1160. The van der Waals surface area contributed by atoms with Crippen molar-refractivity contribution in [1.82, 2.24) is 15.1 Å². The molecule has 29 heavy (non-hydrogen) atoms. The maximum absolute atomic E-state index is 13.9. The zero-order valence-corrected chi connectivity index (χ0v) is 15.6. The maximum atomic E-state index is 13.9. The first-order valence-electron chi connectivity index (χ1n) is 8.98. The van der Waals surface area contributed by atoms with Crippen molar-refractivity contribution in [3.8, 4) is 22.5 Å². The molecule has 0 spiro atoms. The number of aryl methyl sites for hydroxylation is 1. The minimum absolute atomic E-state index is 0.129. The van der Waals surface area contributed by atoms with Crippen LogP contribution in [0.25, 0.3) is 22.5 Å². The van der Waals surface area contributed by atoms with E-state index in [1.165, 1.54) is 12.4 Å². The summed E-state index contributed by atoms with van der Waals surface area (Å²) in [7, 11) is 0. The van der Waals surface area contributed by atoms with Crippen molar-refractivity contribution in [3.63, 3.8) is 0 Å². The van der Waals surface area contributed by atoms with Crippen LogP contribution in [0.5, 0.6) is 0 Å². The van der Waals surface area contributed by atoms with Crippen LogP contribution in [-0.2, 0) is 11.2 Å². The average Bonchev–Trinajstić information content (AvgIpc) is 3.14. The highest BCUT2D eigenvalue weighted by Gasteiger charge is 2.22. The van der Waals surface area contributed by atoms with E-state index in [9.17, 15) is 9.18 Å². The second-order valence-electron chi connectivity index (χ2n) is 6.52. The minimum Gasteiger partial charge on any atom is -0.337 e. The van der Waals surface area contributed by atoms with Gasteiger partial charge in [0.1, 0.15) is 17.8 Å². The molecule has 1 amide bonds. The third-order valence-electron chi connectivity index (χ3n) is 4.38. The highest BCUT2D eigenvalue weighted by atomic mass is 19.1. The molecule has 4 aromatic rings. The number of amides is 1. The summed E-state index contributed by atoms with van der Waals surface area (Å²) in [5.41, 5.74) is 3.83. The predicted molar refractivity (Wildman–Crippen MR) is 106 cm³/mol. The van der Waals surface area contributed by atoms with Crippen molar-refractivity contribution < 1.29 is 13.7 Å². The van der Waals surface area contributed by atoms with E-state index in [1.54, 1.807) is 30.5 Å². The lowest BCUT2D eigenvalue weighted by Crippen LogP contribution is -2.15. The molecule has 0 saturated heterocycles. The van der Waals surface area contributed by atoms with Gasteiger partial charge in [0.25, 0.3) is 0 Å². The van der Waals surface area contributed by atoms with Gasteiger partial charge in [-0.15, -0.1) is 0 Å². The fourth-order valence-electron chi connectivity index (χ4n) is 3.03. The summed E-state index contributed by atoms with van der Waals surface area (Å²) in [6.45, 7) is 1.98. The van der Waals surface area contributed by atoms with Crippen LogP contribution in [0, 0.1) is 12.7 Å². The molecular weight excluding hydrogens is 371 g/mol. The van der Waals surface area contributed by atoms with Gasteiger partial charge in [-0.25, -0.2) is 14.4 Å². The van der Waals surface area contributed by atoms with Gasteiger partial charge < -0.3 is 4.52 Å². The van der Waals surface area contributed by atoms with Crippen LogP contribution in [0.2, 0.25) is 0 Å². The molecule has 144 valence electrons. The lowest BCUT2D eigenvalue weighted by molar-refractivity contribution is -0.115. The Hall–Kier alpha value is -3.87. The van der Waals surface area contributed by atoms with Gasteiger partial charge in [-0.1, -0.05) is 47.1 Å². The number of aromatic nitrogens is 3. The Morgan fingerprint density at radius 2 is 2.00 bits per heavy atom. The van der Waals surface area contributed by atoms with E-state index in [0.29, 0.717) is 22.5 Å². The first-order valence-corrected chi connectivity index (χ1v) is 8.98. The Labute approximate surface area is 166 Å². The summed E-state index contributed by atoms with van der Waals surface area (Å²) in [4.78, 5) is 20.7. The fourth-order valence-corrected chi connectivity index (χ4v) is 3.03. The second kappa shape index (κ2) is 8.02. The largest absolute Gasteiger partial charge is 0.337 e. The molecule has 2 heterocycles. The first-order chi connectivity index (χ1) is 14.1. The smallest absolute Gasteiger partial charge is 0.241 e. The number of nitrogens with zero attached hydrogens (tertiary/aromatic N) is 3. The lowest BCUT2D eigenvalue weighted by atomic mass is 10.0. The molecule has 0 atom stereocenters. The van der Waals surface area contributed by atoms with Crippen LogP contribution >= 0.6 is 0 Å². The number of rotatable bonds is 5. The van der Waals surface area contributed by atoms with Crippen LogP contribution in [-0.4, -0.2) is 21.0 Å². The van der Waals surface area contributed by atoms with Gasteiger partial charge in [-0.05, 0) is 30.7 Å². The molecule has 0 unspecified atom stereocenters. The Morgan fingerprint density at radius 3 is 2.76 bits per heavy atom. The summed E-state index contributed by atoms with van der Waals surface area (Å²) < 4.78 is 19.3. The van der Waals surface area contributed by atoms with E-state index >= 15 is 0 Å². The molecule has 0 aliphatic heterocycles. The van der Waals surface area contributed by atoms with Gasteiger partial charge in [0.05, 0.1) is 17.7 Å². The fraction of sp³-hybridized carbons (Fsp3) is 0.0909. The third kappa shape index (κ3) is 4.03. The molecule has 6 nitrogen and oxygen atoms in total. The van der Waals surface area contributed by atoms with E-state index in [0.717, 1.165) is 11.1 Å². The van der Waals surface area contributed by atoms with E-state index in [4.69, 9.17) is 4.52 Å². The number of benzene rings is 2. The first kappa shape index (κ1) is 18.5. The average molecular weight is 388 g/mol. The van der Waals surface area contributed by atoms with Crippen molar-refractivity contribution >= 4 is 11.8 Å². The summed E-state index contributed by atoms with van der Waals surface area (Å²) in [5, 5.41) is 6.85. The lowest BCUT2D eigenvalue weighted by Gasteiger charge is -2.06. The Morgan fingerprint density at radius 1 is 1.14 bits per heavy atom. The predicted octanol–water partition coefficient (Wildman–Crippen LogP) is 4.43. The molecule has 0 saturated carbocycles. The molecule has 7 heteroatoms. The minimum atomic E-state index is -0.434. The molecule has 0 aliphatic rings. The monoisotopic (exact) mass is 388 g/mol. The van der Waals surface area contributed by atoms with Gasteiger partial charge in [0.2, 0.25) is 11.8 Å². The summed E-state index contributed by atoms with van der Waals surface area (Å²) >= 11 is 0. The van der Waals surface area contributed by atoms with Crippen molar-refractivity contribution in [2.24, 2.45) is 0 Å². The van der Waals surface area contributed by atoms with Crippen molar-refractivity contribution in [1.29, 1.82) is 0 Å². The summed E-state index contributed by atoms with van der Waals surface area (Å²) in [6, 6.07) is 15.6. The van der Waals surface area contributed by atoms with Gasteiger partial charge in [-0.2, -0.15) is 0 Å². The Kier molecular flexibility index (Phi) is 5.11. The third-order valence-corrected chi connectivity index (χ3v) is 4.38. The van der Waals surface area contributed by atoms with Crippen LogP contribution in [0.4, 0.5) is 10.3 Å². The molecule has 1 N–H and O–H groups in total. The quantitative estimate of drug-likeness (QED) is 0.547. The number of hydrogen-bond donors (Lipinski definition) is 1. The van der Waals surface area contributed by atoms with Crippen LogP contribution in [0.3, 0.4) is 0 Å². The van der Waals surface area contributed by atoms with E-state index < -0.39 is 11.7 Å². The molecule has 4 rings (SSSR count). The molecule has 0 aliphatic carbocycles. The second-order valence-corrected chi connectivity index (χ2v) is 6.52. The molecule has 0 fully saturated rings. The van der Waals surface area contributed by atoms with Crippen molar-refractivity contribution in [2.75, 3.05) is 5.32 Å². The van der Waals surface area contributed by atoms with Gasteiger partial charge >= 0.3 is 0 Å². The molecule has 0 bridgehead atoms. The number of halogens is 1. The number of hydrogen-bond acceptors (Lipinski definition) is 5. The van der Waals surface area contributed by atoms with E-state index in [-0.39, 0.29) is 12.3 Å². The molecular formula is C22H17FN4O2. The Balaban J connectivity index is 1.70. The molecule has 2 aromatic heterocycles. The number of nitrogens with one attached hydrogen (secondary N) is 1. The summed E-state index contributed by atoms with van der Waals surface area (Å²) in [5.74, 6) is -0.699. The summed E-state index contributed by atoms with van der Waals surface area (Å²) in [6.07, 6.45) is 2.88. The number of carbonyl (C=O) groups excluding carboxylic acids is 1. The topological polar surface area (TPSA) is 80.9 Å². The van der Waals surface area contributed by atoms with Crippen LogP contribution < -0.4 is 5.32 Å². The van der Waals surface area contributed by atoms with Crippen molar-refractivity contribution in [2.45, 2.75) is 13.3 Å². The zero-order chi connectivity index (χ0) is 20.2. The maximum Gasteiger partial charge on any atom is 0.241 e. The van der Waals surface area contributed by atoms with Gasteiger partial charge in [0, 0.05) is 11.8 Å². The SMILES string of the molecule is Cc1cccc(-c2noc(NC(=O)Cc3ccccc3F)c2-c2ccncn2)c1. The molecule has 0 radical (unpaired) electrons. The highest BCUT2D eigenvalue weighted by Crippen LogP contribution is 2.36. The van der Waals surface area contributed by atoms with Gasteiger partial charge in [0.15, 0.2) is 0 Å². The van der Waals surface area contributed by atoms with E-state index in [1.807, 2.05) is 31.2 Å². The van der Waals surface area contributed by atoms with Crippen molar-refractivity contribution in [3.05, 3.63) is 84.1 Å². The standard InChI is InChI=1S/C22H17FN4O2/c1-14-5-4-7-16(11-14)21-20(18-9-10-24-13-25-18)22(29-27-21)26-19(28)12-15-6-2-3-8-17(15)23/h2-11,13H,12H2,1H3,(H,26,28). The number of anilines is 1. The zero-order valence-electron chi connectivity index (χ0n) is 15.6. The molecule has 2 aromatic carbocycles. The highest BCUT2D eigenvalue weighted by molar-refractivity contribution is 5.97. The number of carbonyl (C=O) groups is 1. The van der Waals surface area contributed by atoms with E-state index in [2.05, 4.69) is 20.4 Å². The normalized spacial score (nSPS) is 10.7. The van der Waals surface area contributed by atoms with Crippen LogP contribution in [0.1, 0.15) is 11.1 Å². The van der Waals surface area contributed by atoms with Crippen LogP contribution in [0.15, 0.2) is 71.6 Å². The van der Waals surface area contributed by atoms with Gasteiger partial charge in [-0.3, -0.25) is 10.1 Å².